The second-order valence-corrected chi connectivity index (χ2v) is 31.0. The fraction of sp³-hybridized carbons (Fsp3) is 0.924. The van der Waals surface area contributed by atoms with Crippen LogP contribution in [0.2, 0.25) is 0 Å². The first-order valence-electron chi connectivity index (χ1n) is 40.9. The van der Waals surface area contributed by atoms with Gasteiger partial charge in [0.05, 0.1) is 26.4 Å². The van der Waals surface area contributed by atoms with Gasteiger partial charge in [0.2, 0.25) is 0 Å². The molecule has 0 heterocycles. The van der Waals surface area contributed by atoms with Crippen molar-refractivity contribution in [2.75, 3.05) is 39.6 Å². The van der Waals surface area contributed by atoms with Crippen LogP contribution in [-0.2, 0) is 65.4 Å². The van der Waals surface area contributed by atoms with Crippen LogP contribution in [0.1, 0.15) is 413 Å². The number of rotatable bonds is 79. The summed E-state index contributed by atoms with van der Waals surface area (Å²) in [5, 5.41) is 10.6. The molecule has 98 heavy (non-hydrogen) atoms. The Morgan fingerprint density at radius 2 is 0.469 bits per heavy atom. The number of unbranched alkanes of at least 4 members (excludes halogenated alkanes) is 51. The lowest BCUT2D eigenvalue weighted by Crippen LogP contribution is -2.30. The van der Waals surface area contributed by atoms with Crippen LogP contribution in [0.5, 0.6) is 0 Å². The molecule has 0 fully saturated rings. The number of phosphoric ester groups is 2. The summed E-state index contributed by atoms with van der Waals surface area (Å²) in [6, 6.07) is 0. The predicted octanol–water partition coefficient (Wildman–Crippen LogP) is 23.6. The normalized spacial score (nSPS) is 13.9. The first-order chi connectivity index (χ1) is 47.7. The van der Waals surface area contributed by atoms with Gasteiger partial charge in [-0.2, -0.15) is 0 Å². The van der Waals surface area contributed by atoms with Crippen molar-refractivity contribution in [1.29, 1.82) is 0 Å². The monoisotopic (exact) mass is 1440 g/mol. The lowest BCUT2D eigenvalue weighted by atomic mass is 10.0. The molecule has 5 atom stereocenters. The largest absolute Gasteiger partial charge is 0.472 e. The lowest BCUT2D eigenvalue weighted by molar-refractivity contribution is -0.161. The van der Waals surface area contributed by atoms with Gasteiger partial charge in [0.1, 0.15) is 19.3 Å². The Balaban J connectivity index is 5.27. The van der Waals surface area contributed by atoms with Crippen molar-refractivity contribution in [1.82, 2.24) is 0 Å². The number of allylic oxidation sites excluding steroid dienone is 2. The number of esters is 4. The Hall–Kier alpha value is -2.20. The number of hydrogen-bond donors (Lipinski definition) is 3. The van der Waals surface area contributed by atoms with Gasteiger partial charge >= 0.3 is 39.5 Å². The summed E-state index contributed by atoms with van der Waals surface area (Å²) < 4.78 is 68.7. The molecule has 0 amide bonds. The highest BCUT2D eigenvalue weighted by Gasteiger charge is 2.30. The molecule has 580 valence electrons. The van der Waals surface area contributed by atoms with Gasteiger partial charge < -0.3 is 33.8 Å². The molecule has 0 saturated carbocycles. The minimum Gasteiger partial charge on any atom is -0.462 e. The molecular weight excluding hydrogens is 1280 g/mol. The smallest absolute Gasteiger partial charge is 0.462 e. The summed E-state index contributed by atoms with van der Waals surface area (Å²) >= 11 is 0. The molecular formula is C79H152O17P2. The summed E-state index contributed by atoms with van der Waals surface area (Å²) in [4.78, 5) is 73.0. The predicted molar refractivity (Wildman–Crippen MR) is 400 cm³/mol. The van der Waals surface area contributed by atoms with Crippen LogP contribution in [0.15, 0.2) is 12.2 Å². The molecule has 0 bridgehead atoms. The van der Waals surface area contributed by atoms with Crippen LogP contribution in [0.25, 0.3) is 0 Å². The number of ether oxygens (including phenoxy) is 4. The number of phosphoric acid groups is 2. The minimum absolute atomic E-state index is 0.105. The number of carbonyl (C=O) groups excluding carboxylic acids is 4. The summed E-state index contributed by atoms with van der Waals surface area (Å²) in [6.45, 7) is 4.99. The van der Waals surface area contributed by atoms with E-state index in [0.29, 0.717) is 25.7 Å². The molecule has 2 unspecified atom stereocenters. The van der Waals surface area contributed by atoms with E-state index in [9.17, 15) is 43.2 Å². The molecule has 3 N–H and O–H groups in total. The fourth-order valence-electron chi connectivity index (χ4n) is 12.0. The third-order valence-electron chi connectivity index (χ3n) is 18.3. The van der Waals surface area contributed by atoms with Gasteiger partial charge in [-0.1, -0.05) is 348 Å². The van der Waals surface area contributed by atoms with Crippen LogP contribution in [0.3, 0.4) is 0 Å². The maximum absolute atomic E-state index is 13.1. The topological polar surface area (TPSA) is 237 Å². The Labute approximate surface area is 600 Å². The third kappa shape index (κ3) is 72.2. The molecule has 0 aliphatic heterocycles. The number of carbonyl (C=O) groups is 4. The average molecular weight is 1440 g/mol. The van der Waals surface area contributed by atoms with E-state index < -0.39 is 97.5 Å². The first kappa shape index (κ1) is 95.8. The maximum atomic E-state index is 13.1. The number of aliphatic hydroxyl groups excluding tert-OH is 1. The van der Waals surface area contributed by atoms with Crippen LogP contribution in [0.4, 0.5) is 0 Å². The van der Waals surface area contributed by atoms with E-state index in [0.717, 1.165) is 109 Å². The summed E-state index contributed by atoms with van der Waals surface area (Å²) in [6.07, 6.45) is 66.1. The van der Waals surface area contributed by atoms with Gasteiger partial charge in [0.25, 0.3) is 0 Å². The molecule has 0 aromatic carbocycles. The number of hydrogen-bond acceptors (Lipinski definition) is 15. The van der Waals surface area contributed by atoms with Crippen LogP contribution < -0.4 is 0 Å². The van der Waals surface area contributed by atoms with Crippen molar-refractivity contribution in [3.8, 4) is 0 Å². The second kappa shape index (κ2) is 73.1. The van der Waals surface area contributed by atoms with Crippen molar-refractivity contribution >= 4 is 39.5 Å². The Morgan fingerprint density at radius 3 is 0.704 bits per heavy atom. The zero-order valence-corrected chi connectivity index (χ0v) is 65.3. The molecule has 0 radical (unpaired) electrons. The minimum atomic E-state index is -4.96. The quantitative estimate of drug-likeness (QED) is 0.0169. The summed E-state index contributed by atoms with van der Waals surface area (Å²) in [5.41, 5.74) is 0. The van der Waals surface area contributed by atoms with E-state index in [1.54, 1.807) is 0 Å². The third-order valence-corrected chi connectivity index (χ3v) is 20.2. The molecule has 17 nitrogen and oxygen atoms in total. The van der Waals surface area contributed by atoms with Crippen molar-refractivity contribution in [2.24, 2.45) is 0 Å². The average Bonchev–Trinajstić information content (AvgIpc) is 0.972. The van der Waals surface area contributed by atoms with Crippen molar-refractivity contribution in [3.63, 3.8) is 0 Å². The van der Waals surface area contributed by atoms with Gasteiger partial charge in [-0.05, 0) is 51.4 Å². The van der Waals surface area contributed by atoms with Crippen molar-refractivity contribution < 1.29 is 80.2 Å². The Morgan fingerprint density at radius 1 is 0.276 bits per heavy atom. The van der Waals surface area contributed by atoms with Gasteiger partial charge in [0.15, 0.2) is 12.2 Å². The zero-order chi connectivity index (χ0) is 71.8. The van der Waals surface area contributed by atoms with Gasteiger partial charge in [-0.3, -0.25) is 37.3 Å². The molecule has 0 aromatic rings. The molecule has 0 aliphatic carbocycles. The van der Waals surface area contributed by atoms with Crippen molar-refractivity contribution in [3.05, 3.63) is 12.2 Å². The molecule has 19 heteroatoms. The van der Waals surface area contributed by atoms with E-state index in [-0.39, 0.29) is 25.7 Å². The van der Waals surface area contributed by atoms with E-state index in [2.05, 4.69) is 39.8 Å². The highest BCUT2D eigenvalue weighted by Crippen LogP contribution is 2.45. The first-order valence-corrected chi connectivity index (χ1v) is 43.9. The molecule has 0 saturated heterocycles. The van der Waals surface area contributed by atoms with Crippen molar-refractivity contribution in [2.45, 2.75) is 431 Å². The van der Waals surface area contributed by atoms with Gasteiger partial charge in [-0.25, -0.2) is 9.13 Å². The van der Waals surface area contributed by atoms with Gasteiger partial charge in [0, 0.05) is 25.7 Å². The Bertz CT molecular complexity index is 1910. The maximum Gasteiger partial charge on any atom is 0.472 e. The van der Waals surface area contributed by atoms with Crippen LogP contribution in [-0.4, -0.2) is 96.7 Å². The summed E-state index contributed by atoms with van der Waals surface area (Å²) in [7, 11) is -9.92. The second-order valence-electron chi connectivity index (χ2n) is 28.1. The Kier molecular flexibility index (Phi) is 71.5. The molecule has 0 rings (SSSR count). The lowest BCUT2D eigenvalue weighted by Gasteiger charge is -2.21. The van der Waals surface area contributed by atoms with Gasteiger partial charge in [-0.15, -0.1) is 0 Å². The molecule has 0 aliphatic rings. The van der Waals surface area contributed by atoms with Crippen LogP contribution in [0, 0.1) is 0 Å². The molecule has 0 spiro atoms. The van der Waals surface area contributed by atoms with E-state index in [4.69, 9.17) is 37.0 Å². The van der Waals surface area contributed by atoms with E-state index in [1.165, 1.54) is 225 Å². The van der Waals surface area contributed by atoms with E-state index >= 15 is 0 Å². The standard InChI is InChI=1S/C79H152O17P2/c1-5-9-13-17-21-25-29-33-35-36-38-42-46-50-54-58-62-66-79(84)96-75(69-89-76(81)63-59-55-51-47-43-39-31-27-23-19-15-11-7-3)72-94-98(87,88)92-68-73(80)67-91-97(85,86)93-71-74(95-78(83)65-61-57-53-49-45-40-32-28-24-20-16-12-8-4)70-90-77(82)64-60-56-52-48-44-41-37-34-30-26-22-18-14-10-6-2/h34,37,73-75,80H,5-33,35-36,38-72H2,1-4H3,(H,85,86)(H,87,88)/b37-34-/t73-,74-,75-/m1/s1. The number of aliphatic hydroxyl groups is 1. The highest BCUT2D eigenvalue weighted by molar-refractivity contribution is 7.47. The van der Waals surface area contributed by atoms with Crippen LogP contribution >= 0.6 is 15.6 Å². The summed E-state index contributed by atoms with van der Waals surface area (Å²) in [5.74, 6) is -2.12. The SMILES string of the molecule is CCCCCCCC/C=C\CCCCCCCC(=O)OC[C@H](COP(=O)(O)OC[C@@H](O)COP(=O)(O)OC[C@@H](COC(=O)CCCCCCCCCCCCCCC)OC(=O)CCCCCCCCCCCCCCCCCCC)OC(=O)CCCCCCCCCCCCCCC. The highest BCUT2D eigenvalue weighted by atomic mass is 31.2. The fourth-order valence-corrected chi connectivity index (χ4v) is 13.6. The molecule has 0 aromatic heterocycles. The zero-order valence-electron chi connectivity index (χ0n) is 63.5. The van der Waals surface area contributed by atoms with E-state index in [1.807, 2.05) is 0 Å².